The van der Waals surface area contributed by atoms with Gasteiger partial charge in [-0.15, -0.1) is 0 Å². The Labute approximate surface area is 128 Å². The lowest BCUT2D eigenvalue weighted by atomic mass is 9.93. The molecule has 1 aromatic rings. The lowest BCUT2D eigenvalue weighted by Crippen LogP contribution is -2.50. The van der Waals surface area contributed by atoms with Gasteiger partial charge >= 0.3 is 0 Å². The maximum atomic E-state index is 13.1. The molecule has 0 unspecified atom stereocenters. The summed E-state index contributed by atoms with van der Waals surface area (Å²) in [4.78, 5) is 12.0. The summed E-state index contributed by atoms with van der Waals surface area (Å²) in [5, 5.41) is 2.87. The fraction of sp³-hybridized carbons (Fsp3) is 0.462. The molecule has 0 fully saturated rings. The Hall–Kier alpha value is -1.18. The molecule has 1 rings (SSSR count). The van der Waals surface area contributed by atoms with E-state index < -0.39 is 33.3 Å². The molecule has 0 aliphatic rings. The minimum absolute atomic E-state index is 0.184. The molecule has 0 aromatic heterocycles. The van der Waals surface area contributed by atoms with Gasteiger partial charge in [0.05, 0.1) is 17.8 Å². The van der Waals surface area contributed by atoms with Gasteiger partial charge < -0.3 is 5.32 Å². The van der Waals surface area contributed by atoms with Gasteiger partial charge in [-0.05, 0) is 38.5 Å². The van der Waals surface area contributed by atoms with Crippen molar-refractivity contribution in [3.8, 4) is 0 Å². The summed E-state index contributed by atoms with van der Waals surface area (Å²) >= 11 is 5.98. The fourth-order valence-electron chi connectivity index (χ4n) is 1.85. The monoisotopic (exact) mass is 336 g/mol. The number of halogens is 2. The molecule has 1 amide bonds. The van der Waals surface area contributed by atoms with Crippen LogP contribution in [0.15, 0.2) is 18.2 Å². The largest absolute Gasteiger partial charge is 0.346 e. The van der Waals surface area contributed by atoms with Crippen molar-refractivity contribution in [1.82, 2.24) is 10.0 Å². The van der Waals surface area contributed by atoms with Gasteiger partial charge in [-0.2, -0.15) is 0 Å². The van der Waals surface area contributed by atoms with Crippen molar-refractivity contribution in [3.05, 3.63) is 34.6 Å². The van der Waals surface area contributed by atoms with Crippen molar-refractivity contribution in [3.63, 3.8) is 0 Å². The molecule has 0 heterocycles. The summed E-state index contributed by atoms with van der Waals surface area (Å²) in [6, 6.07) is 2.95. The van der Waals surface area contributed by atoms with Crippen molar-refractivity contribution in [1.29, 1.82) is 0 Å². The van der Waals surface area contributed by atoms with E-state index in [-0.39, 0.29) is 5.02 Å². The highest BCUT2D eigenvalue weighted by Gasteiger charge is 2.28. The number of sulfonamides is 1. The molecule has 0 spiro atoms. The third-order valence-electron chi connectivity index (χ3n) is 2.82. The minimum Gasteiger partial charge on any atom is -0.346 e. The number of nitrogens with one attached hydrogen (secondary N) is 2. The zero-order chi connectivity index (χ0) is 16.4. The molecule has 5 nitrogen and oxygen atoms in total. The molecule has 0 aliphatic carbocycles. The van der Waals surface area contributed by atoms with Gasteiger partial charge in [0.15, 0.2) is 0 Å². The van der Waals surface area contributed by atoms with Crippen molar-refractivity contribution in [2.24, 2.45) is 0 Å². The maximum absolute atomic E-state index is 13.1. The van der Waals surface area contributed by atoms with Gasteiger partial charge in [0.2, 0.25) is 15.9 Å². The van der Waals surface area contributed by atoms with Gasteiger partial charge in [0, 0.05) is 5.02 Å². The van der Waals surface area contributed by atoms with Crippen LogP contribution in [0.3, 0.4) is 0 Å². The molecule has 8 heteroatoms. The van der Waals surface area contributed by atoms with Crippen LogP contribution in [0.4, 0.5) is 4.39 Å². The number of rotatable bonds is 5. The molecule has 118 valence electrons. The molecule has 1 atom stereocenters. The SMILES string of the molecule is C[C@H](NS(C)(=O)=O)C(=O)NC(C)(C)c1ccc(F)cc1Cl. The number of hydrogen-bond donors (Lipinski definition) is 2. The second kappa shape index (κ2) is 6.29. The Bertz CT molecular complexity index is 647. The Morgan fingerprint density at radius 2 is 1.95 bits per heavy atom. The Kier molecular flexibility index (Phi) is 5.35. The van der Waals surface area contributed by atoms with E-state index in [0.29, 0.717) is 5.56 Å². The van der Waals surface area contributed by atoms with E-state index in [2.05, 4.69) is 10.0 Å². The molecule has 0 radical (unpaired) electrons. The van der Waals surface area contributed by atoms with E-state index in [9.17, 15) is 17.6 Å². The first-order valence-corrected chi connectivity index (χ1v) is 8.44. The molecule has 21 heavy (non-hydrogen) atoms. The summed E-state index contributed by atoms with van der Waals surface area (Å²) < 4.78 is 37.5. The van der Waals surface area contributed by atoms with Gasteiger partial charge in [-0.1, -0.05) is 17.7 Å². The topological polar surface area (TPSA) is 75.3 Å². The van der Waals surface area contributed by atoms with Gasteiger partial charge in [0.25, 0.3) is 0 Å². The molecule has 0 saturated heterocycles. The van der Waals surface area contributed by atoms with E-state index in [1.165, 1.54) is 19.1 Å². The molecule has 0 saturated carbocycles. The fourth-order valence-corrected chi connectivity index (χ4v) is 3.01. The summed E-state index contributed by atoms with van der Waals surface area (Å²) in [5.41, 5.74) is -0.347. The zero-order valence-corrected chi connectivity index (χ0v) is 13.8. The third kappa shape index (κ3) is 5.26. The molecule has 1 aromatic carbocycles. The van der Waals surface area contributed by atoms with E-state index >= 15 is 0 Å². The van der Waals surface area contributed by atoms with Crippen molar-refractivity contribution in [2.75, 3.05) is 6.26 Å². The van der Waals surface area contributed by atoms with Crippen LogP contribution in [0.5, 0.6) is 0 Å². The Morgan fingerprint density at radius 3 is 2.43 bits per heavy atom. The summed E-state index contributed by atoms with van der Waals surface area (Å²) in [7, 11) is -3.49. The normalized spacial score (nSPS) is 13.8. The van der Waals surface area contributed by atoms with Crippen molar-refractivity contribution >= 4 is 27.5 Å². The number of carbonyl (C=O) groups excluding carboxylic acids is 1. The highest BCUT2D eigenvalue weighted by Crippen LogP contribution is 2.28. The number of amides is 1. The number of carbonyl (C=O) groups is 1. The average molecular weight is 337 g/mol. The highest BCUT2D eigenvalue weighted by molar-refractivity contribution is 7.88. The second-order valence-electron chi connectivity index (χ2n) is 5.35. The Morgan fingerprint density at radius 1 is 1.38 bits per heavy atom. The van der Waals surface area contributed by atoms with Gasteiger partial charge in [-0.3, -0.25) is 4.79 Å². The summed E-state index contributed by atoms with van der Waals surface area (Å²) in [6.07, 6.45) is 0.971. The summed E-state index contributed by atoms with van der Waals surface area (Å²) in [6.45, 7) is 4.81. The zero-order valence-electron chi connectivity index (χ0n) is 12.2. The minimum atomic E-state index is -3.49. The first-order valence-electron chi connectivity index (χ1n) is 6.17. The van der Waals surface area contributed by atoms with Crippen LogP contribution in [0.1, 0.15) is 26.3 Å². The predicted molar refractivity (Wildman–Crippen MR) is 80.0 cm³/mol. The predicted octanol–water partition coefficient (Wildman–Crippen LogP) is 1.77. The van der Waals surface area contributed by atoms with Crippen LogP contribution < -0.4 is 10.0 Å². The number of benzene rings is 1. The van der Waals surface area contributed by atoms with Crippen molar-refractivity contribution in [2.45, 2.75) is 32.4 Å². The van der Waals surface area contributed by atoms with Crippen LogP contribution in [0, 0.1) is 5.82 Å². The lowest BCUT2D eigenvalue weighted by Gasteiger charge is -2.29. The van der Waals surface area contributed by atoms with Crippen LogP contribution in [0.25, 0.3) is 0 Å². The van der Waals surface area contributed by atoms with E-state index in [1.807, 2.05) is 0 Å². The molecular weight excluding hydrogens is 319 g/mol. The molecule has 2 N–H and O–H groups in total. The van der Waals surface area contributed by atoms with Crippen LogP contribution in [-0.4, -0.2) is 26.6 Å². The summed E-state index contributed by atoms with van der Waals surface area (Å²) in [5.74, 6) is -0.983. The highest BCUT2D eigenvalue weighted by atomic mass is 35.5. The van der Waals surface area contributed by atoms with Crippen LogP contribution >= 0.6 is 11.6 Å². The maximum Gasteiger partial charge on any atom is 0.238 e. The van der Waals surface area contributed by atoms with E-state index in [1.54, 1.807) is 13.8 Å². The first-order chi connectivity index (χ1) is 9.42. The average Bonchev–Trinajstić information content (AvgIpc) is 2.24. The standard InChI is InChI=1S/C13H18ClFN2O3S/c1-8(17-21(4,19)20)12(18)16-13(2,3)10-6-5-9(15)7-11(10)14/h5-8,17H,1-4H3,(H,16,18)/t8-/m0/s1. The van der Waals surface area contributed by atoms with E-state index in [4.69, 9.17) is 11.6 Å². The second-order valence-corrected chi connectivity index (χ2v) is 7.54. The molecule has 0 bridgehead atoms. The molecule has 0 aliphatic heterocycles. The first kappa shape index (κ1) is 17.9. The smallest absolute Gasteiger partial charge is 0.238 e. The van der Waals surface area contributed by atoms with Crippen LogP contribution in [-0.2, 0) is 20.4 Å². The van der Waals surface area contributed by atoms with E-state index in [0.717, 1.165) is 12.3 Å². The Balaban J connectivity index is 2.91. The van der Waals surface area contributed by atoms with Crippen molar-refractivity contribution < 1.29 is 17.6 Å². The third-order valence-corrected chi connectivity index (χ3v) is 3.92. The quantitative estimate of drug-likeness (QED) is 0.860. The van der Waals surface area contributed by atoms with Crippen LogP contribution in [0.2, 0.25) is 5.02 Å². The molecular formula is C13H18ClFN2O3S. The van der Waals surface area contributed by atoms with Gasteiger partial charge in [-0.25, -0.2) is 17.5 Å². The van der Waals surface area contributed by atoms with Gasteiger partial charge in [0.1, 0.15) is 5.82 Å². The lowest BCUT2D eigenvalue weighted by molar-refractivity contribution is -0.124. The number of hydrogen-bond acceptors (Lipinski definition) is 3.